The molecule has 5 nitrogen and oxygen atoms in total. The molecule has 2 N–H and O–H groups in total. The molecule has 1 saturated heterocycles. The third-order valence-corrected chi connectivity index (χ3v) is 4.42. The van der Waals surface area contributed by atoms with Crippen LogP contribution in [0.15, 0.2) is 52.4 Å². The number of nitrogens with zero attached hydrogens (tertiary/aromatic N) is 1. The van der Waals surface area contributed by atoms with E-state index in [1.165, 1.54) is 43.5 Å². The molecule has 140 valence electrons. The number of phenols is 1. The second-order valence-electron chi connectivity index (χ2n) is 5.43. The first-order chi connectivity index (χ1) is 12.8. The van der Waals surface area contributed by atoms with E-state index in [1.807, 2.05) is 0 Å². The van der Waals surface area contributed by atoms with Crippen LogP contribution in [0.4, 0.5) is 23.7 Å². The average Bonchev–Trinajstić information content (AvgIpc) is 2.93. The van der Waals surface area contributed by atoms with E-state index in [1.54, 1.807) is 6.07 Å². The Hall–Kier alpha value is -2.94. The lowest BCUT2D eigenvalue weighted by molar-refractivity contribution is -0.137. The van der Waals surface area contributed by atoms with E-state index in [0.717, 1.165) is 17.8 Å². The topological polar surface area (TPSA) is 70.9 Å². The van der Waals surface area contributed by atoms with Crippen LogP contribution in [0.25, 0.3) is 6.08 Å². The third-order valence-electron chi connectivity index (χ3n) is 3.60. The maximum atomic E-state index is 13.1. The predicted molar refractivity (Wildman–Crippen MR) is 97.3 cm³/mol. The quantitative estimate of drug-likeness (QED) is 0.773. The number of para-hydroxylation sites is 1. The van der Waals surface area contributed by atoms with Crippen molar-refractivity contribution in [2.45, 2.75) is 6.18 Å². The molecule has 0 unspecified atom stereocenters. The Kier molecular flexibility index (Phi) is 5.13. The Morgan fingerprint density at radius 2 is 1.96 bits per heavy atom. The summed E-state index contributed by atoms with van der Waals surface area (Å²) in [4.78, 5) is 16.1. The molecule has 2 aromatic rings. The second-order valence-corrected chi connectivity index (χ2v) is 6.44. The number of rotatable bonds is 3. The second kappa shape index (κ2) is 7.36. The van der Waals surface area contributed by atoms with Gasteiger partial charge in [-0.25, -0.2) is 4.99 Å². The van der Waals surface area contributed by atoms with E-state index in [2.05, 4.69) is 10.3 Å². The summed E-state index contributed by atoms with van der Waals surface area (Å²) >= 11 is 0.803. The normalized spacial score (nSPS) is 17.4. The van der Waals surface area contributed by atoms with Gasteiger partial charge in [-0.3, -0.25) is 4.79 Å². The molecule has 2 aromatic carbocycles. The predicted octanol–water partition coefficient (Wildman–Crippen LogP) is 4.95. The summed E-state index contributed by atoms with van der Waals surface area (Å²) in [6.07, 6.45) is -3.03. The smallest absolute Gasteiger partial charge is 0.418 e. The van der Waals surface area contributed by atoms with E-state index in [0.29, 0.717) is 10.5 Å². The summed E-state index contributed by atoms with van der Waals surface area (Å²) in [5.74, 6) is 0.186. The maximum Gasteiger partial charge on any atom is 0.418 e. The first kappa shape index (κ1) is 18.8. The number of carbonyl (C=O) groups is 1. The van der Waals surface area contributed by atoms with Gasteiger partial charge in [0.05, 0.1) is 23.3 Å². The number of alkyl halides is 3. The van der Waals surface area contributed by atoms with Crippen LogP contribution >= 0.6 is 11.8 Å². The molecular formula is C18H13F3N2O3S. The van der Waals surface area contributed by atoms with Gasteiger partial charge in [0, 0.05) is 0 Å². The molecule has 0 aromatic heterocycles. The number of carbonyl (C=O) groups excluding carboxylic acids is 1. The van der Waals surface area contributed by atoms with Crippen LogP contribution in [0.1, 0.15) is 11.1 Å². The number of ether oxygens (including phenoxy) is 1. The number of nitrogens with one attached hydrogen (secondary N) is 1. The van der Waals surface area contributed by atoms with Crippen molar-refractivity contribution in [3.63, 3.8) is 0 Å². The SMILES string of the molecule is COc1ccc(/C=C2\SC(=O)NC2=Nc2ccccc2C(F)(F)F)cc1O. The fourth-order valence-electron chi connectivity index (χ4n) is 2.39. The lowest BCUT2D eigenvalue weighted by Crippen LogP contribution is -2.19. The summed E-state index contributed by atoms with van der Waals surface area (Å²) in [6, 6.07) is 9.43. The number of halogens is 3. The Morgan fingerprint density at radius 3 is 2.63 bits per heavy atom. The number of amidine groups is 1. The van der Waals surface area contributed by atoms with E-state index < -0.39 is 17.0 Å². The van der Waals surface area contributed by atoms with E-state index in [9.17, 15) is 23.1 Å². The highest BCUT2D eigenvalue weighted by Gasteiger charge is 2.34. The molecule has 0 radical (unpaired) electrons. The van der Waals surface area contributed by atoms with Crippen molar-refractivity contribution in [2.24, 2.45) is 4.99 Å². The van der Waals surface area contributed by atoms with Crippen LogP contribution in [0.5, 0.6) is 11.5 Å². The minimum Gasteiger partial charge on any atom is -0.504 e. The van der Waals surface area contributed by atoms with Gasteiger partial charge in [0.1, 0.15) is 5.84 Å². The number of amides is 1. The highest BCUT2D eigenvalue weighted by atomic mass is 32.2. The van der Waals surface area contributed by atoms with Crippen LogP contribution in [0.2, 0.25) is 0 Å². The van der Waals surface area contributed by atoms with Crippen molar-refractivity contribution in [3.05, 3.63) is 58.5 Å². The summed E-state index contributed by atoms with van der Waals surface area (Å²) in [5.41, 5.74) is -0.666. The van der Waals surface area contributed by atoms with Crippen LogP contribution < -0.4 is 10.1 Å². The highest BCUT2D eigenvalue weighted by Crippen LogP contribution is 2.37. The molecule has 1 amide bonds. The Labute approximate surface area is 156 Å². The van der Waals surface area contributed by atoms with Gasteiger partial charge in [-0.15, -0.1) is 0 Å². The minimum atomic E-state index is -4.57. The van der Waals surface area contributed by atoms with E-state index >= 15 is 0 Å². The van der Waals surface area contributed by atoms with Gasteiger partial charge in [-0.05, 0) is 47.7 Å². The average molecular weight is 394 g/mol. The standard InChI is InChI=1S/C18H13F3N2O3S/c1-26-14-7-6-10(8-13(14)24)9-15-16(23-17(25)27-15)22-12-5-3-2-4-11(12)18(19,20)21/h2-9,24H,1H3,(H,22,23,25)/b15-9-. The molecule has 0 atom stereocenters. The zero-order chi connectivity index (χ0) is 19.6. The van der Waals surface area contributed by atoms with Gasteiger partial charge in [0.15, 0.2) is 11.5 Å². The zero-order valence-electron chi connectivity index (χ0n) is 13.9. The number of hydrogen-bond acceptors (Lipinski definition) is 5. The molecule has 27 heavy (non-hydrogen) atoms. The first-order valence-electron chi connectivity index (χ1n) is 7.61. The molecule has 0 saturated carbocycles. The molecule has 0 spiro atoms. The van der Waals surface area contributed by atoms with Crippen LogP contribution in [-0.4, -0.2) is 23.3 Å². The van der Waals surface area contributed by atoms with E-state index in [-0.39, 0.29) is 23.0 Å². The monoisotopic (exact) mass is 394 g/mol. The minimum absolute atomic E-state index is 0.0111. The van der Waals surface area contributed by atoms with E-state index in [4.69, 9.17) is 4.74 Å². The Bertz CT molecular complexity index is 955. The molecule has 1 fully saturated rings. The number of methoxy groups -OCH3 is 1. The molecule has 0 bridgehead atoms. The summed E-state index contributed by atoms with van der Waals surface area (Å²) < 4.78 is 44.4. The number of aromatic hydroxyl groups is 1. The third kappa shape index (κ3) is 4.25. The summed E-state index contributed by atoms with van der Waals surface area (Å²) in [6.45, 7) is 0. The van der Waals surface area contributed by atoms with Crippen molar-refractivity contribution < 1.29 is 27.8 Å². The molecule has 1 aliphatic rings. The molecule has 3 rings (SSSR count). The molecule has 0 aliphatic carbocycles. The molecule has 1 aliphatic heterocycles. The number of thioether (sulfide) groups is 1. The number of hydrogen-bond donors (Lipinski definition) is 2. The van der Waals surface area contributed by atoms with Crippen LogP contribution in [0.3, 0.4) is 0 Å². The van der Waals surface area contributed by atoms with Crippen molar-refractivity contribution in [1.29, 1.82) is 0 Å². The number of phenolic OH excluding ortho intramolecular Hbond substituents is 1. The van der Waals surface area contributed by atoms with Crippen molar-refractivity contribution in [1.82, 2.24) is 5.32 Å². The fourth-order valence-corrected chi connectivity index (χ4v) is 3.13. The summed E-state index contributed by atoms with van der Waals surface area (Å²) in [7, 11) is 1.41. The van der Waals surface area contributed by atoms with Crippen molar-refractivity contribution >= 4 is 34.6 Å². The van der Waals surface area contributed by atoms with Gasteiger partial charge in [0.2, 0.25) is 0 Å². The molecule has 1 heterocycles. The van der Waals surface area contributed by atoms with Gasteiger partial charge < -0.3 is 15.2 Å². The van der Waals surface area contributed by atoms with Gasteiger partial charge >= 0.3 is 6.18 Å². The zero-order valence-corrected chi connectivity index (χ0v) is 14.7. The Balaban J connectivity index is 2.02. The molecular weight excluding hydrogens is 381 g/mol. The summed E-state index contributed by atoms with van der Waals surface area (Å²) in [5, 5.41) is 11.8. The van der Waals surface area contributed by atoms with Crippen LogP contribution in [0, 0.1) is 0 Å². The lowest BCUT2D eigenvalue weighted by Gasteiger charge is -2.10. The van der Waals surface area contributed by atoms with Crippen LogP contribution in [-0.2, 0) is 6.18 Å². The van der Waals surface area contributed by atoms with Crippen molar-refractivity contribution in [3.8, 4) is 11.5 Å². The fraction of sp³-hybridized carbons (Fsp3) is 0.111. The van der Waals surface area contributed by atoms with Crippen molar-refractivity contribution in [2.75, 3.05) is 7.11 Å². The number of benzene rings is 2. The lowest BCUT2D eigenvalue weighted by atomic mass is 10.1. The van der Waals surface area contributed by atoms with Gasteiger partial charge in [0.25, 0.3) is 5.24 Å². The highest BCUT2D eigenvalue weighted by molar-refractivity contribution is 8.18. The Morgan fingerprint density at radius 1 is 1.22 bits per heavy atom. The molecule has 9 heteroatoms. The van der Waals surface area contributed by atoms with Gasteiger partial charge in [-0.2, -0.15) is 13.2 Å². The van der Waals surface area contributed by atoms with Gasteiger partial charge in [-0.1, -0.05) is 18.2 Å². The first-order valence-corrected chi connectivity index (χ1v) is 8.42. The number of aliphatic imine (C=N–C) groups is 1. The largest absolute Gasteiger partial charge is 0.504 e. The maximum absolute atomic E-state index is 13.1.